The fourth-order valence-electron chi connectivity index (χ4n) is 2.89. The fraction of sp³-hybridized carbons (Fsp3) is 0.235. The standard InChI is InChI=1S/C17H13BrF3O5P/c1-9-7-10(18)5-6-14(9)25-27(23,24)26-15-4-2-3-11-13(22)8-12(16(11)15)17(19,20)21/h2-7,12H,8H2,1H3,(H,23,24). The average molecular weight is 465 g/mol. The summed E-state index contributed by atoms with van der Waals surface area (Å²) in [7, 11) is -4.80. The lowest BCUT2D eigenvalue weighted by atomic mass is 10.00. The van der Waals surface area contributed by atoms with Gasteiger partial charge < -0.3 is 9.05 Å². The summed E-state index contributed by atoms with van der Waals surface area (Å²) in [5.41, 5.74) is -0.0982. The Morgan fingerprint density at radius 1 is 1.19 bits per heavy atom. The second-order valence-corrected chi connectivity index (χ2v) is 8.22. The van der Waals surface area contributed by atoms with E-state index in [9.17, 15) is 27.4 Å². The summed E-state index contributed by atoms with van der Waals surface area (Å²) < 4.78 is 62.9. The van der Waals surface area contributed by atoms with Gasteiger partial charge in [0, 0.05) is 22.0 Å². The zero-order valence-electron chi connectivity index (χ0n) is 13.8. The first-order valence-electron chi connectivity index (χ1n) is 7.69. The van der Waals surface area contributed by atoms with Gasteiger partial charge in [-0.05, 0) is 36.8 Å². The van der Waals surface area contributed by atoms with Gasteiger partial charge in [0.15, 0.2) is 5.78 Å². The average Bonchev–Trinajstić information content (AvgIpc) is 2.88. The van der Waals surface area contributed by atoms with E-state index in [1.807, 2.05) is 0 Å². The van der Waals surface area contributed by atoms with Gasteiger partial charge in [-0.25, -0.2) is 4.57 Å². The Morgan fingerprint density at radius 3 is 2.48 bits per heavy atom. The van der Waals surface area contributed by atoms with Gasteiger partial charge in [-0.1, -0.05) is 28.1 Å². The maximum Gasteiger partial charge on any atom is 0.584 e. The molecule has 0 amide bonds. The molecule has 0 fully saturated rings. The van der Waals surface area contributed by atoms with Gasteiger partial charge in [-0.3, -0.25) is 9.69 Å². The number of carbonyl (C=O) groups excluding carboxylic acids is 1. The molecule has 0 saturated heterocycles. The number of hydrogen-bond acceptors (Lipinski definition) is 4. The fourth-order valence-corrected chi connectivity index (χ4v) is 4.26. The molecule has 0 spiro atoms. The lowest BCUT2D eigenvalue weighted by molar-refractivity contribution is -0.148. The predicted molar refractivity (Wildman–Crippen MR) is 94.1 cm³/mol. The second-order valence-electron chi connectivity index (χ2n) is 6.00. The third-order valence-electron chi connectivity index (χ3n) is 4.06. The largest absolute Gasteiger partial charge is 0.584 e. The summed E-state index contributed by atoms with van der Waals surface area (Å²) >= 11 is 3.24. The summed E-state index contributed by atoms with van der Waals surface area (Å²) in [5, 5.41) is 0. The second kappa shape index (κ2) is 6.96. The molecule has 0 bridgehead atoms. The molecule has 0 aromatic heterocycles. The van der Waals surface area contributed by atoms with Crippen LogP contribution in [0.3, 0.4) is 0 Å². The van der Waals surface area contributed by atoms with Crippen LogP contribution in [0, 0.1) is 6.92 Å². The van der Waals surface area contributed by atoms with Crippen molar-refractivity contribution in [1.82, 2.24) is 0 Å². The van der Waals surface area contributed by atoms with Crippen LogP contribution in [0.4, 0.5) is 13.2 Å². The Labute approximate surface area is 160 Å². The molecule has 1 aliphatic carbocycles. The molecule has 144 valence electrons. The van der Waals surface area contributed by atoms with E-state index in [4.69, 9.17) is 9.05 Å². The van der Waals surface area contributed by atoms with E-state index in [1.165, 1.54) is 18.2 Å². The first kappa shape index (κ1) is 19.9. The third-order valence-corrected chi connectivity index (χ3v) is 5.41. The smallest absolute Gasteiger partial charge is 0.395 e. The van der Waals surface area contributed by atoms with E-state index in [0.717, 1.165) is 6.07 Å². The van der Waals surface area contributed by atoms with Crippen LogP contribution in [-0.4, -0.2) is 16.9 Å². The SMILES string of the molecule is Cc1cc(Br)ccc1OP(=O)(O)Oc1cccc2c1C(C(F)(F)F)CC2=O. The zero-order chi connectivity index (χ0) is 20.0. The van der Waals surface area contributed by atoms with Crippen molar-refractivity contribution in [2.45, 2.75) is 25.4 Å². The zero-order valence-corrected chi connectivity index (χ0v) is 16.3. The third kappa shape index (κ3) is 4.20. The van der Waals surface area contributed by atoms with Crippen molar-refractivity contribution >= 4 is 29.5 Å². The van der Waals surface area contributed by atoms with E-state index in [1.54, 1.807) is 19.1 Å². The number of alkyl halides is 3. The maximum atomic E-state index is 13.3. The van der Waals surface area contributed by atoms with Crippen LogP contribution in [0.25, 0.3) is 0 Å². The predicted octanol–water partition coefficient (Wildman–Crippen LogP) is 5.55. The van der Waals surface area contributed by atoms with Crippen LogP contribution in [0.1, 0.15) is 33.8 Å². The van der Waals surface area contributed by atoms with E-state index in [-0.39, 0.29) is 11.3 Å². The number of Topliss-reactive ketones (excluding diaryl/α,β-unsaturated/α-hetero) is 1. The normalized spacial score (nSPS) is 18.7. The molecule has 27 heavy (non-hydrogen) atoms. The molecule has 0 radical (unpaired) electrons. The van der Waals surface area contributed by atoms with Crippen molar-refractivity contribution in [2.24, 2.45) is 0 Å². The van der Waals surface area contributed by atoms with Crippen LogP contribution in [0.5, 0.6) is 11.5 Å². The number of carbonyl (C=O) groups is 1. The van der Waals surface area contributed by atoms with Crippen molar-refractivity contribution < 1.29 is 36.5 Å². The minimum atomic E-state index is -4.80. The molecular weight excluding hydrogens is 452 g/mol. The number of ketones is 1. The van der Waals surface area contributed by atoms with Crippen LogP contribution < -0.4 is 9.05 Å². The van der Waals surface area contributed by atoms with Crippen molar-refractivity contribution in [1.29, 1.82) is 0 Å². The van der Waals surface area contributed by atoms with Crippen LogP contribution in [-0.2, 0) is 4.57 Å². The van der Waals surface area contributed by atoms with Gasteiger partial charge in [0.1, 0.15) is 11.5 Å². The number of phosphoric ester groups is 1. The van der Waals surface area contributed by atoms with E-state index < -0.39 is 43.4 Å². The highest BCUT2D eigenvalue weighted by atomic mass is 79.9. The molecule has 0 aliphatic heterocycles. The molecule has 2 aromatic carbocycles. The molecule has 3 rings (SSSR count). The minimum absolute atomic E-state index is 0.0417. The van der Waals surface area contributed by atoms with E-state index in [2.05, 4.69) is 15.9 Å². The van der Waals surface area contributed by atoms with Crippen LogP contribution in [0.15, 0.2) is 40.9 Å². The number of benzene rings is 2. The van der Waals surface area contributed by atoms with Gasteiger partial charge in [-0.15, -0.1) is 0 Å². The lowest BCUT2D eigenvalue weighted by Gasteiger charge is -2.20. The van der Waals surface area contributed by atoms with Crippen molar-refractivity contribution in [3.05, 3.63) is 57.6 Å². The van der Waals surface area contributed by atoms with Crippen molar-refractivity contribution in [2.75, 3.05) is 0 Å². The highest BCUT2D eigenvalue weighted by molar-refractivity contribution is 9.10. The van der Waals surface area contributed by atoms with Crippen molar-refractivity contribution in [3.63, 3.8) is 0 Å². The summed E-state index contributed by atoms with van der Waals surface area (Å²) in [6.45, 7) is 1.62. The quantitative estimate of drug-likeness (QED) is 0.600. The first-order valence-corrected chi connectivity index (χ1v) is 9.98. The van der Waals surface area contributed by atoms with Gasteiger partial charge in [0.05, 0.1) is 5.92 Å². The Kier molecular flexibility index (Phi) is 5.14. The van der Waals surface area contributed by atoms with Gasteiger partial charge in [0.25, 0.3) is 0 Å². The molecule has 0 heterocycles. The van der Waals surface area contributed by atoms with Gasteiger partial charge >= 0.3 is 14.0 Å². The number of aryl methyl sites for hydroxylation is 1. The molecule has 2 aromatic rings. The molecule has 10 heteroatoms. The number of halogens is 4. The summed E-state index contributed by atoms with van der Waals surface area (Å²) in [6.07, 6.45) is -5.45. The Morgan fingerprint density at radius 2 is 1.85 bits per heavy atom. The molecule has 0 saturated carbocycles. The Hall–Kier alpha value is -1.83. The van der Waals surface area contributed by atoms with E-state index in [0.29, 0.717) is 10.0 Å². The summed E-state index contributed by atoms with van der Waals surface area (Å²) in [4.78, 5) is 21.9. The number of fused-ring (bicyclic) bond motifs is 1. The summed E-state index contributed by atoms with van der Waals surface area (Å²) in [6, 6.07) is 8.25. The van der Waals surface area contributed by atoms with Gasteiger partial charge in [-0.2, -0.15) is 13.2 Å². The van der Waals surface area contributed by atoms with Crippen molar-refractivity contribution in [3.8, 4) is 11.5 Å². The molecule has 2 unspecified atom stereocenters. The lowest BCUT2D eigenvalue weighted by Crippen LogP contribution is -2.19. The van der Waals surface area contributed by atoms with Gasteiger partial charge in [0.2, 0.25) is 0 Å². The Bertz CT molecular complexity index is 960. The molecule has 2 atom stereocenters. The molecular formula is C17H13BrF3O5P. The topological polar surface area (TPSA) is 72.8 Å². The minimum Gasteiger partial charge on any atom is -0.395 e. The molecule has 1 aliphatic rings. The molecule has 5 nitrogen and oxygen atoms in total. The van der Waals surface area contributed by atoms with Crippen LogP contribution >= 0.6 is 23.8 Å². The number of rotatable bonds is 4. The summed E-state index contributed by atoms with van der Waals surface area (Å²) in [5.74, 6) is -3.25. The van der Waals surface area contributed by atoms with Crippen LogP contribution in [0.2, 0.25) is 0 Å². The number of hydrogen-bond donors (Lipinski definition) is 1. The monoisotopic (exact) mass is 464 g/mol. The highest BCUT2D eigenvalue weighted by Gasteiger charge is 2.49. The highest BCUT2D eigenvalue weighted by Crippen LogP contribution is 2.52. The first-order chi connectivity index (χ1) is 12.5. The number of phosphoric acid groups is 1. The Balaban J connectivity index is 1.94. The molecule has 1 N–H and O–H groups in total. The maximum absolute atomic E-state index is 13.3. The van der Waals surface area contributed by atoms with E-state index >= 15 is 0 Å².